The molecule has 2 heterocycles. The van der Waals surface area contributed by atoms with Crippen LogP contribution in [0.15, 0.2) is 35.7 Å². The van der Waals surface area contributed by atoms with Gasteiger partial charge in [0, 0.05) is 49.4 Å². The van der Waals surface area contributed by atoms with Crippen LogP contribution in [0.25, 0.3) is 0 Å². The zero-order valence-corrected chi connectivity index (χ0v) is 14.8. The predicted molar refractivity (Wildman–Crippen MR) is 98.7 cm³/mol. The molecule has 0 bridgehead atoms. The molecule has 3 rings (SSSR count). The number of carbonyl (C=O) groups excluding carboxylic acids is 1. The van der Waals surface area contributed by atoms with Crippen molar-refractivity contribution in [1.82, 2.24) is 15.6 Å². The molecule has 6 heteroatoms. The van der Waals surface area contributed by atoms with Crippen LogP contribution < -0.4 is 15.5 Å². The molecule has 24 heavy (non-hydrogen) atoms. The number of aryl methyl sites for hydroxylation is 1. The van der Waals surface area contributed by atoms with E-state index in [1.807, 2.05) is 18.4 Å². The fourth-order valence-corrected chi connectivity index (χ4v) is 3.75. The Hall–Kier alpha value is -2.08. The van der Waals surface area contributed by atoms with Crippen LogP contribution in [-0.2, 0) is 6.42 Å². The largest absolute Gasteiger partial charge is 0.371 e. The Morgan fingerprint density at radius 1 is 1.33 bits per heavy atom. The maximum absolute atomic E-state index is 11.9. The molecule has 0 spiro atoms. The standard InChI is InChI=1S/C18H24N4OS/c1-14-13-24-17(21-14)7-9-19-18(23)20-11-15-8-10-22(12-15)16-5-3-2-4-6-16/h2-6,13,15H,7-12H2,1H3,(H2,19,20,23)/t15-/m0/s1. The summed E-state index contributed by atoms with van der Waals surface area (Å²) in [7, 11) is 0. The maximum atomic E-state index is 11.9. The van der Waals surface area contributed by atoms with E-state index in [-0.39, 0.29) is 6.03 Å². The fourth-order valence-electron chi connectivity index (χ4n) is 2.97. The molecule has 2 amide bonds. The van der Waals surface area contributed by atoms with Gasteiger partial charge in [0.05, 0.1) is 5.01 Å². The molecule has 1 aromatic carbocycles. The maximum Gasteiger partial charge on any atom is 0.314 e. The number of hydrogen-bond acceptors (Lipinski definition) is 4. The van der Waals surface area contributed by atoms with Crippen molar-refractivity contribution in [3.05, 3.63) is 46.4 Å². The highest BCUT2D eigenvalue weighted by molar-refractivity contribution is 7.09. The highest BCUT2D eigenvalue weighted by atomic mass is 32.1. The first-order valence-electron chi connectivity index (χ1n) is 8.43. The molecule has 1 saturated heterocycles. The Bertz CT molecular complexity index is 658. The summed E-state index contributed by atoms with van der Waals surface area (Å²) in [6.45, 7) is 5.40. The van der Waals surface area contributed by atoms with Gasteiger partial charge >= 0.3 is 6.03 Å². The summed E-state index contributed by atoms with van der Waals surface area (Å²) in [6.07, 6.45) is 1.91. The number of anilines is 1. The third kappa shape index (κ3) is 4.71. The lowest BCUT2D eigenvalue weighted by Crippen LogP contribution is -2.39. The first kappa shape index (κ1) is 16.8. The second-order valence-corrected chi connectivity index (χ2v) is 7.15. The molecular formula is C18H24N4OS. The van der Waals surface area contributed by atoms with Crippen LogP contribution in [0.5, 0.6) is 0 Å². The van der Waals surface area contributed by atoms with E-state index in [9.17, 15) is 4.79 Å². The summed E-state index contributed by atoms with van der Waals surface area (Å²) in [5, 5.41) is 9.01. The summed E-state index contributed by atoms with van der Waals surface area (Å²) < 4.78 is 0. The van der Waals surface area contributed by atoms with Crippen LogP contribution in [0.2, 0.25) is 0 Å². The molecule has 2 N–H and O–H groups in total. The van der Waals surface area contributed by atoms with Gasteiger partial charge in [0.2, 0.25) is 0 Å². The van der Waals surface area contributed by atoms with Crippen LogP contribution >= 0.6 is 11.3 Å². The molecule has 2 aromatic rings. The van der Waals surface area contributed by atoms with Gasteiger partial charge in [-0.05, 0) is 31.4 Å². The third-order valence-electron chi connectivity index (χ3n) is 4.25. The van der Waals surface area contributed by atoms with Crippen molar-refractivity contribution in [3.8, 4) is 0 Å². The van der Waals surface area contributed by atoms with E-state index in [2.05, 4.69) is 44.8 Å². The molecule has 1 aliphatic heterocycles. The lowest BCUT2D eigenvalue weighted by Gasteiger charge is -2.18. The van der Waals surface area contributed by atoms with Crippen molar-refractivity contribution >= 4 is 23.1 Å². The average molecular weight is 344 g/mol. The zero-order valence-electron chi connectivity index (χ0n) is 14.0. The summed E-state index contributed by atoms with van der Waals surface area (Å²) in [5.74, 6) is 0.512. The first-order chi connectivity index (χ1) is 11.7. The highest BCUT2D eigenvalue weighted by Gasteiger charge is 2.22. The van der Waals surface area contributed by atoms with Gasteiger partial charge in [0.15, 0.2) is 0 Å². The number of para-hydroxylation sites is 1. The van der Waals surface area contributed by atoms with Crippen LogP contribution in [0.1, 0.15) is 17.1 Å². The number of amides is 2. The fraction of sp³-hybridized carbons (Fsp3) is 0.444. The lowest BCUT2D eigenvalue weighted by molar-refractivity contribution is 0.239. The smallest absolute Gasteiger partial charge is 0.314 e. The van der Waals surface area contributed by atoms with Crippen LogP contribution in [0.4, 0.5) is 10.5 Å². The molecule has 0 unspecified atom stereocenters. The molecule has 128 valence electrons. The van der Waals surface area contributed by atoms with Gasteiger partial charge in [0.25, 0.3) is 0 Å². The van der Waals surface area contributed by atoms with Gasteiger partial charge in [-0.1, -0.05) is 18.2 Å². The van der Waals surface area contributed by atoms with E-state index in [4.69, 9.17) is 0 Å². The second-order valence-electron chi connectivity index (χ2n) is 6.21. The first-order valence-corrected chi connectivity index (χ1v) is 9.31. The number of thiazole rings is 1. The summed E-state index contributed by atoms with van der Waals surface area (Å²) >= 11 is 1.64. The normalized spacial score (nSPS) is 17.0. The molecule has 1 fully saturated rings. The summed E-state index contributed by atoms with van der Waals surface area (Å²) in [5.41, 5.74) is 2.31. The van der Waals surface area contributed by atoms with E-state index in [1.165, 1.54) is 5.69 Å². The van der Waals surface area contributed by atoms with E-state index in [0.717, 1.165) is 43.2 Å². The summed E-state index contributed by atoms with van der Waals surface area (Å²) in [4.78, 5) is 18.7. The van der Waals surface area contributed by atoms with E-state index in [1.54, 1.807) is 11.3 Å². The molecule has 0 saturated carbocycles. The van der Waals surface area contributed by atoms with Crippen molar-refractivity contribution in [2.75, 3.05) is 31.1 Å². The SMILES string of the molecule is Cc1csc(CCNC(=O)NC[C@@H]2CCN(c3ccccc3)C2)n1. The van der Waals surface area contributed by atoms with Crippen LogP contribution in [0, 0.1) is 12.8 Å². The van der Waals surface area contributed by atoms with Crippen LogP contribution in [-0.4, -0.2) is 37.2 Å². The van der Waals surface area contributed by atoms with Crippen LogP contribution in [0.3, 0.4) is 0 Å². The molecule has 1 atom stereocenters. The number of aromatic nitrogens is 1. The number of urea groups is 1. The topological polar surface area (TPSA) is 57.3 Å². The Kier molecular flexibility index (Phi) is 5.69. The van der Waals surface area contributed by atoms with E-state index in [0.29, 0.717) is 12.5 Å². The lowest BCUT2D eigenvalue weighted by atomic mass is 10.1. The van der Waals surface area contributed by atoms with E-state index < -0.39 is 0 Å². The summed E-state index contributed by atoms with van der Waals surface area (Å²) in [6, 6.07) is 10.4. The molecule has 5 nitrogen and oxygen atoms in total. The number of rotatable bonds is 6. The minimum atomic E-state index is -0.0820. The van der Waals surface area contributed by atoms with E-state index >= 15 is 0 Å². The van der Waals surface area contributed by atoms with Crippen molar-refractivity contribution in [3.63, 3.8) is 0 Å². The van der Waals surface area contributed by atoms with Gasteiger partial charge < -0.3 is 15.5 Å². The quantitative estimate of drug-likeness (QED) is 0.847. The van der Waals surface area contributed by atoms with Gasteiger partial charge in [0.1, 0.15) is 0 Å². The Balaban J connectivity index is 1.33. The Morgan fingerprint density at radius 3 is 2.92 bits per heavy atom. The van der Waals surface area contributed by atoms with Gasteiger partial charge in [-0.15, -0.1) is 11.3 Å². The predicted octanol–water partition coefficient (Wildman–Crippen LogP) is 2.82. The molecule has 1 aromatic heterocycles. The van der Waals surface area contributed by atoms with Crippen molar-refractivity contribution in [2.45, 2.75) is 19.8 Å². The van der Waals surface area contributed by atoms with Gasteiger partial charge in [-0.2, -0.15) is 0 Å². The third-order valence-corrected chi connectivity index (χ3v) is 5.28. The minimum absolute atomic E-state index is 0.0820. The monoisotopic (exact) mass is 344 g/mol. The average Bonchev–Trinajstić information content (AvgIpc) is 3.23. The zero-order chi connectivity index (χ0) is 16.8. The Morgan fingerprint density at radius 2 is 2.17 bits per heavy atom. The van der Waals surface area contributed by atoms with Crippen molar-refractivity contribution < 1.29 is 4.79 Å². The molecular weight excluding hydrogens is 320 g/mol. The number of hydrogen-bond donors (Lipinski definition) is 2. The number of nitrogens with zero attached hydrogens (tertiary/aromatic N) is 2. The van der Waals surface area contributed by atoms with Crippen molar-refractivity contribution in [1.29, 1.82) is 0 Å². The number of nitrogens with one attached hydrogen (secondary N) is 2. The second kappa shape index (κ2) is 8.15. The van der Waals surface area contributed by atoms with Gasteiger partial charge in [-0.25, -0.2) is 9.78 Å². The number of carbonyl (C=O) groups is 1. The minimum Gasteiger partial charge on any atom is -0.371 e. The van der Waals surface area contributed by atoms with Gasteiger partial charge in [-0.3, -0.25) is 0 Å². The highest BCUT2D eigenvalue weighted by Crippen LogP contribution is 2.22. The Labute approximate surface area is 147 Å². The molecule has 0 radical (unpaired) electrons. The molecule has 0 aliphatic carbocycles. The molecule has 1 aliphatic rings. The number of benzene rings is 1. The van der Waals surface area contributed by atoms with Crippen molar-refractivity contribution in [2.24, 2.45) is 5.92 Å².